The van der Waals surface area contributed by atoms with Crippen molar-refractivity contribution in [1.82, 2.24) is 10.3 Å². The molecule has 4 heteroatoms. The van der Waals surface area contributed by atoms with Gasteiger partial charge in [-0.05, 0) is 39.7 Å². The van der Waals surface area contributed by atoms with Crippen LogP contribution in [0.25, 0.3) is 0 Å². The van der Waals surface area contributed by atoms with Crippen molar-refractivity contribution in [3.05, 3.63) is 23.6 Å². The van der Waals surface area contributed by atoms with Gasteiger partial charge < -0.3 is 10.2 Å². The van der Waals surface area contributed by atoms with Crippen LogP contribution in [0.1, 0.15) is 39.2 Å². The van der Waals surface area contributed by atoms with Gasteiger partial charge >= 0.3 is 0 Å². The van der Waals surface area contributed by atoms with Crippen LogP contribution in [-0.4, -0.2) is 23.6 Å². The lowest BCUT2D eigenvalue weighted by Crippen LogP contribution is -2.36. The van der Waals surface area contributed by atoms with E-state index in [1.807, 2.05) is 7.05 Å². The van der Waals surface area contributed by atoms with Crippen LogP contribution in [0.4, 0.5) is 10.2 Å². The lowest BCUT2D eigenvalue weighted by atomic mass is 10.1. The molecule has 3 nitrogen and oxygen atoms in total. The van der Waals surface area contributed by atoms with Crippen LogP contribution >= 0.6 is 0 Å². The van der Waals surface area contributed by atoms with E-state index >= 15 is 0 Å². The molecule has 100 valence electrons. The molecule has 1 fully saturated rings. The normalized spacial score (nSPS) is 15.8. The van der Waals surface area contributed by atoms with Gasteiger partial charge in [0.15, 0.2) is 0 Å². The third kappa shape index (κ3) is 3.42. The quantitative estimate of drug-likeness (QED) is 0.891. The number of anilines is 1. The number of nitrogens with zero attached hydrogens (tertiary/aromatic N) is 2. The molecule has 0 bridgehead atoms. The highest BCUT2D eigenvalue weighted by Crippen LogP contribution is 2.31. The van der Waals surface area contributed by atoms with Gasteiger partial charge in [-0.3, -0.25) is 0 Å². The Morgan fingerprint density at radius 1 is 1.44 bits per heavy atom. The van der Waals surface area contributed by atoms with Gasteiger partial charge in [-0.2, -0.15) is 0 Å². The van der Waals surface area contributed by atoms with Crippen LogP contribution in [0.5, 0.6) is 0 Å². The van der Waals surface area contributed by atoms with Crippen molar-refractivity contribution in [1.29, 1.82) is 0 Å². The van der Waals surface area contributed by atoms with Gasteiger partial charge in [-0.15, -0.1) is 0 Å². The lowest BCUT2D eigenvalue weighted by Gasteiger charge is -2.24. The fraction of sp³-hybridized carbons (Fsp3) is 0.643. The smallest absolute Gasteiger partial charge is 0.141 e. The van der Waals surface area contributed by atoms with Crippen molar-refractivity contribution in [2.75, 3.05) is 11.9 Å². The number of pyridine rings is 1. The minimum absolute atomic E-state index is 0.0156. The molecule has 1 aliphatic carbocycles. The minimum atomic E-state index is -0.270. The fourth-order valence-corrected chi connectivity index (χ4v) is 1.92. The van der Waals surface area contributed by atoms with Gasteiger partial charge in [0.25, 0.3) is 0 Å². The van der Waals surface area contributed by atoms with Gasteiger partial charge in [-0.25, -0.2) is 9.37 Å². The summed E-state index contributed by atoms with van der Waals surface area (Å²) in [7, 11) is 2.04. The maximum Gasteiger partial charge on any atom is 0.141 e. The molecule has 1 heterocycles. The molecule has 0 saturated heterocycles. The predicted molar refractivity (Wildman–Crippen MR) is 72.2 cm³/mol. The molecule has 0 spiro atoms. The molecule has 1 aromatic rings. The molecule has 1 saturated carbocycles. The number of nitrogens with one attached hydrogen (secondary N) is 1. The molecule has 0 atom stereocenters. The van der Waals surface area contributed by atoms with Crippen LogP contribution in [-0.2, 0) is 6.54 Å². The van der Waals surface area contributed by atoms with E-state index in [0.29, 0.717) is 12.6 Å². The summed E-state index contributed by atoms with van der Waals surface area (Å²) in [6.07, 6.45) is 3.72. The number of hydrogen-bond donors (Lipinski definition) is 1. The standard InChI is InChI=1S/C14H22FN3/c1-14(2,3)17-8-10-7-11(15)9-16-13(10)18(4)12-5-6-12/h7,9,12,17H,5-6,8H2,1-4H3. The predicted octanol–water partition coefficient (Wildman–Crippen LogP) is 2.71. The van der Waals surface area contributed by atoms with E-state index in [2.05, 4.69) is 36.0 Å². The Bertz CT molecular complexity index is 422. The SMILES string of the molecule is CN(c1ncc(F)cc1CNC(C)(C)C)C1CC1. The fourth-order valence-electron chi connectivity index (χ4n) is 1.92. The summed E-state index contributed by atoms with van der Waals surface area (Å²) in [6.45, 7) is 6.94. The molecule has 0 aliphatic heterocycles. The van der Waals surface area contributed by atoms with E-state index in [-0.39, 0.29) is 11.4 Å². The Kier molecular flexibility index (Phi) is 3.57. The average molecular weight is 251 g/mol. The monoisotopic (exact) mass is 251 g/mol. The summed E-state index contributed by atoms with van der Waals surface area (Å²) in [5.41, 5.74) is 0.946. The molecular weight excluding hydrogens is 229 g/mol. The molecule has 1 N–H and O–H groups in total. The highest BCUT2D eigenvalue weighted by atomic mass is 19.1. The van der Waals surface area contributed by atoms with Crippen molar-refractivity contribution < 1.29 is 4.39 Å². The molecule has 1 aliphatic rings. The molecule has 0 unspecified atom stereocenters. The van der Waals surface area contributed by atoms with Crippen molar-refractivity contribution >= 4 is 5.82 Å². The maximum atomic E-state index is 13.3. The minimum Gasteiger partial charge on any atom is -0.356 e. The average Bonchev–Trinajstić information content (AvgIpc) is 3.08. The van der Waals surface area contributed by atoms with E-state index < -0.39 is 0 Å². The zero-order valence-corrected chi connectivity index (χ0v) is 11.6. The molecule has 0 aromatic carbocycles. The zero-order valence-electron chi connectivity index (χ0n) is 11.6. The number of hydrogen-bond acceptors (Lipinski definition) is 3. The Morgan fingerprint density at radius 2 is 2.11 bits per heavy atom. The molecule has 1 aromatic heterocycles. The topological polar surface area (TPSA) is 28.2 Å². The molecule has 18 heavy (non-hydrogen) atoms. The second-order valence-electron chi connectivity index (χ2n) is 6.08. The largest absolute Gasteiger partial charge is 0.356 e. The highest BCUT2D eigenvalue weighted by molar-refractivity contribution is 5.48. The van der Waals surface area contributed by atoms with Gasteiger partial charge in [0.2, 0.25) is 0 Å². The highest BCUT2D eigenvalue weighted by Gasteiger charge is 2.28. The maximum absolute atomic E-state index is 13.3. The lowest BCUT2D eigenvalue weighted by molar-refractivity contribution is 0.423. The summed E-state index contributed by atoms with van der Waals surface area (Å²) in [4.78, 5) is 6.42. The first-order chi connectivity index (χ1) is 8.37. The Balaban J connectivity index is 2.17. The Morgan fingerprint density at radius 3 is 2.67 bits per heavy atom. The van der Waals surface area contributed by atoms with Gasteiger partial charge in [0.05, 0.1) is 6.20 Å². The Hall–Kier alpha value is -1.16. The summed E-state index contributed by atoms with van der Waals surface area (Å²) in [5, 5.41) is 3.39. The van der Waals surface area contributed by atoms with Gasteiger partial charge in [0.1, 0.15) is 11.6 Å². The van der Waals surface area contributed by atoms with Crippen LogP contribution in [0.2, 0.25) is 0 Å². The van der Waals surface area contributed by atoms with Gasteiger partial charge in [-0.1, -0.05) is 0 Å². The van der Waals surface area contributed by atoms with E-state index in [1.54, 1.807) is 6.07 Å². The molecular formula is C14H22FN3. The van der Waals surface area contributed by atoms with Crippen molar-refractivity contribution in [2.24, 2.45) is 0 Å². The van der Waals surface area contributed by atoms with E-state index in [1.165, 1.54) is 19.0 Å². The summed E-state index contributed by atoms with van der Waals surface area (Å²) >= 11 is 0. The van der Waals surface area contributed by atoms with Crippen LogP contribution < -0.4 is 10.2 Å². The molecule has 2 rings (SSSR count). The second kappa shape index (κ2) is 4.84. The molecule has 0 radical (unpaired) electrons. The van der Waals surface area contributed by atoms with Crippen LogP contribution in [0, 0.1) is 5.82 Å². The van der Waals surface area contributed by atoms with Crippen LogP contribution in [0.15, 0.2) is 12.3 Å². The van der Waals surface area contributed by atoms with Crippen molar-refractivity contribution in [3.63, 3.8) is 0 Å². The van der Waals surface area contributed by atoms with E-state index in [4.69, 9.17) is 0 Å². The third-order valence-electron chi connectivity index (χ3n) is 3.15. The first-order valence-electron chi connectivity index (χ1n) is 6.49. The first kappa shape index (κ1) is 13.3. The van der Waals surface area contributed by atoms with Gasteiger partial charge in [0, 0.05) is 30.7 Å². The van der Waals surface area contributed by atoms with E-state index in [9.17, 15) is 4.39 Å². The van der Waals surface area contributed by atoms with Crippen molar-refractivity contribution in [2.45, 2.75) is 51.7 Å². The number of rotatable bonds is 4. The zero-order chi connectivity index (χ0) is 13.3. The molecule has 0 amide bonds. The first-order valence-corrected chi connectivity index (χ1v) is 6.49. The number of halogens is 1. The summed E-state index contributed by atoms with van der Waals surface area (Å²) in [6, 6.07) is 2.16. The van der Waals surface area contributed by atoms with Crippen molar-refractivity contribution in [3.8, 4) is 0 Å². The summed E-state index contributed by atoms with van der Waals surface area (Å²) < 4.78 is 13.3. The second-order valence-corrected chi connectivity index (χ2v) is 6.08. The third-order valence-corrected chi connectivity index (χ3v) is 3.15. The summed E-state index contributed by atoms with van der Waals surface area (Å²) in [5.74, 6) is 0.629. The van der Waals surface area contributed by atoms with E-state index in [0.717, 1.165) is 11.4 Å². The number of aromatic nitrogens is 1. The Labute approximate surface area is 108 Å². The van der Waals surface area contributed by atoms with Crippen LogP contribution in [0.3, 0.4) is 0 Å².